The van der Waals surface area contributed by atoms with Crippen molar-refractivity contribution in [3.05, 3.63) is 71.8 Å². The molecule has 0 aliphatic heterocycles. The molecule has 2 rings (SSSR count). The van der Waals surface area contributed by atoms with Gasteiger partial charge in [0.05, 0.1) is 19.8 Å². The highest BCUT2D eigenvalue weighted by atomic mass is 32.1. The minimum Gasteiger partial charge on any atom is -0.480 e. The predicted molar refractivity (Wildman–Crippen MR) is 250 cm³/mol. The molecule has 2 aromatic rings. The number of hydrogen-bond acceptors (Lipinski definition) is 13. The van der Waals surface area contributed by atoms with E-state index < -0.39 is 133 Å². The van der Waals surface area contributed by atoms with Crippen molar-refractivity contribution < 1.29 is 58.5 Å². The van der Waals surface area contributed by atoms with Crippen LogP contribution in [0.5, 0.6) is 0 Å². The van der Waals surface area contributed by atoms with Crippen LogP contribution in [0, 0.1) is 17.8 Å². The Morgan fingerprint density at radius 1 is 0.522 bits per heavy atom. The van der Waals surface area contributed by atoms with Crippen LogP contribution in [0.3, 0.4) is 0 Å². The predicted octanol–water partition coefficient (Wildman–Crippen LogP) is -2.33. The van der Waals surface area contributed by atoms with E-state index in [2.05, 4.69) is 55.2 Å². The van der Waals surface area contributed by atoms with E-state index in [4.69, 9.17) is 5.73 Å². The van der Waals surface area contributed by atoms with Crippen molar-refractivity contribution >= 4 is 65.9 Å². The smallest absolute Gasteiger partial charge is 0.326 e. The number of thiol groups is 1. The Morgan fingerprint density at radius 3 is 1.40 bits per heavy atom. The average Bonchev–Trinajstić information content (AvgIpc) is 3.28. The van der Waals surface area contributed by atoms with Gasteiger partial charge in [0.2, 0.25) is 47.3 Å². The molecule has 0 saturated carbocycles. The normalized spacial score (nSPS) is 14.8. The van der Waals surface area contributed by atoms with Crippen LogP contribution in [0.4, 0.5) is 0 Å². The summed E-state index contributed by atoms with van der Waals surface area (Å²) in [6, 6.07) is 6.72. The molecule has 2 aromatic carbocycles. The molecule has 0 aromatic heterocycles. The summed E-state index contributed by atoms with van der Waals surface area (Å²) in [6.45, 7) is 7.82. The maximum Gasteiger partial charge on any atom is 0.326 e. The third-order valence-electron chi connectivity index (χ3n) is 10.3. The Bertz CT molecular complexity index is 1980. The van der Waals surface area contributed by atoms with Crippen LogP contribution in [-0.2, 0) is 56.0 Å². The summed E-state index contributed by atoms with van der Waals surface area (Å²) in [6.07, 6.45) is 0.0741. The van der Waals surface area contributed by atoms with Gasteiger partial charge in [0.15, 0.2) is 0 Å². The van der Waals surface area contributed by atoms with Crippen molar-refractivity contribution in [1.82, 2.24) is 42.5 Å². The zero-order valence-corrected chi connectivity index (χ0v) is 39.5. The van der Waals surface area contributed by atoms with Crippen LogP contribution in [0.1, 0.15) is 59.1 Å². The first-order valence-electron chi connectivity index (χ1n) is 21.9. The van der Waals surface area contributed by atoms with Gasteiger partial charge in [-0.25, -0.2) is 4.79 Å². The standard InChI is InChI=1S/C45H67N9O12S/c1-24(2)17-30(49-38(58)29(46)21-55)40(60)50-31(18-27-13-9-7-10-14-27)39(59)47-20-35(57)48-33(22-56)42(62)52-34(23-67)43(63)51-32(19-28-15-11-8-12-16-28)41(61)53-36(25(3)4)44(64)54-37(26(5)6)45(65)66/h7-16,24-26,29-34,36-37,55-56,67H,17-23,46H2,1-6H3,(H,47,59)(H,48,57)(H,49,58)(H,50,60)(H,51,63)(H,52,62)(H,53,61)(H,54,64)(H,65,66)/t29-,30-,31-,32-,33-,34-,36-,37-/m0/s1. The molecule has 0 saturated heterocycles. The largest absolute Gasteiger partial charge is 0.480 e. The summed E-state index contributed by atoms with van der Waals surface area (Å²) in [4.78, 5) is 118. The fourth-order valence-corrected chi connectivity index (χ4v) is 6.73. The second-order valence-electron chi connectivity index (χ2n) is 17.0. The van der Waals surface area contributed by atoms with E-state index in [1.807, 2.05) is 13.8 Å². The SMILES string of the molecule is CC(C)C[C@H](NC(=O)[C@@H](N)CO)C(=O)N[C@@H](Cc1ccccc1)C(=O)NCC(=O)N[C@@H](CO)C(=O)N[C@@H](CS)C(=O)N[C@@H](Cc1ccccc1)C(=O)N[C@H](C(=O)N[C@H](C(=O)O)C(C)C)C(C)C. The summed E-state index contributed by atoms with van der Waals surface area (Å²) in [5.41, 5.74) is 6.90. The topological polar surface area (TPSA) is 337 Å². The Morgan fingerprint density at radius 2 is 0.955 bits per heavy atom. The fourth-order valence-electron chi connectivity index (χ4n) is 6.47. The quantitative estimate of drug-likeness (QED) is 0.0399. The molecule has 0 bridgehead atoms. The third-order valence-corrected chi connectivity index (χ3v) is 10.6. The molecule has 0 heterocycles. The van der Waals surface area contributed by atoms with Gasteiger partial charge in [-0.2, -0.15) is 12.6 Å². The maximum absolute atomic E-state index is 13.8. The van der Waals surface area contributed by atoms with Crippen molar-refractivity contribution in [2.75, 3.05) is 25.5 Å². The zero-order valence-electron chi connectivity index (χ0n) is 38.6. The first-order valence-corrected chi connectivity index (χ1v) is 22.5. The van der Waals surface area contributed by atoms with Crippen molar-refractivity contribution in [2.24, 2.45) is 23.5 Å². The lowest BCUT2D eigenvalue weighted by Crippen LogP contribution is -2.61. The molecule has 8 amide bonds. The van der Waals surface area contributed by atoms with Crippen molar-refractivity contribution in [3.8, 4) is 0 Å². The van der Waals surface area contributed by atoms with Crippen LogP contribution >= 0.6 is 12.6 Å². The zero-order chi connectivity index (χ0) is 50.4. The van der Waals surface area contributed by atoms with E-state index in [0.717, 1.165) is 0 Å². The Kier molecular flexibility index (Phi) is 24.5. The molecule has 21 nitrogen and oxygen atoms in total. The number of carbonyl (C=O) groups excluding carboxylic acids is 8. The highest BCUT2D eigenvalue weighted by Gasteiger charge is 2.35. The molecule has 0 spiro atoms. The number of carboxylic acids is 1. The van der Waals surface area contributed by atoms with Gasteiger partial charge in [0, 0.05) is 18.6 Å². The van der Waals surface area contributed by atoms with E-state index in [-0.39, 0.29) is 30.9 Å². The van der Waals surface area contributed by atoms with E-state index in [9.17, 15) is 58.5 Å². The van der Waals surface area contributed by atoms with Gasteiger partial charge in [0.25, 0.3) is 0 Å². The Hall–Kier alpha value is -6.10. The van der Waals surface area contributed by atoms with Gasteiger partial charge in [-0.3, -0.25) is 38.4 Å². The second kappa shape index (κ2) is 28.8. The number of carboxylic acid groups (broad SMARTS) is 1. The monoisotopic (exact) mass is 957 g/mol. The summed E-state index contributed by atoms with van der Waals surface area (Å²) in [5, 5.41) is 48.9. The summed E-state index contributed by atoms with van der Waals surface area (Å²) >= 11 is 4.20. The van der Waals surface area contributed by atoms with Gasteiger partial charge >= 0.3 is 5.97 Å². The van der Waals surface area contributed by atoms with E-state index in [1.165, 1.54) is 0 Å². The fraction of sp³-hybridized carbons (Fsp3) is 0.533. The van der Waals surface area contributed by atoms with Crippen LogP contribution in [-0.4, -0.2) is 142 Å². The minimum atomic E-state index is -1.64. The lowest BCUT2D eigenvalue weighted by Gasteiger charge is -2.28. The molecule has 0 aliphatic rings. The summed E-state index contributed by atoms with van der Waals surface area (Å²) in [7, 11) is 0. The van der Waals surface area contributed by atoms with Crippen LogP contribution < -0.4 is 48.3 Å². The number of rotatable bonds is 28. The number of nitrogens with two attached hydrogens (primary N) is 1. The van der Waals surface area contributed by atoms with Gasteiger partial charge in [-0.05, 0) is 35.3 Å². The molecule has 13 N–H and O–H groups in total. The third kappa shape index (κ3) is 19.7. The van der Waals surface area contributed by atoms with Gasteiger partial charge in [0.1, 0.15) is 48.3 Å². The van der Waals surface area contributed by atoms with Crippen molar-refractivity contribution in [1.29, 1.82) is 0 Å². The second-order valence-corrected chi connectivity index (χ2v) is 17.4. The number of aliphatic hydroxyl groups excluding tert-OH is 2. The number of benzene rings is 2. The van der Waals surface area contributed by atoms with E-state index in [0.29, 0.717) is 11.1 Å². The summed E-state index contributed by atoms with van der Waals surface area (Å²) < 4.78 is 0. The number of hydrogen-bond donors (Lipinski definition) is 13. The minimum absolute atomic E-state index is 0.0274. The number of amides is 8. The average molecular weight is 958 g/mol. The number of carbonyl (C=O) groups is 9. The van der Waals surface area contributed by atoms with Gasteiger partial charge in [-0.1, -0.05) is 102 Å². The maximum atomic E-state index is 13.8. The molecule has 0 unspecified atom stereocenters. The molecule has 22 heteroatoms. The first-order chi connectivity index (χ1) is 31.6. The Balaban J connectivity index is 2.19. The lowest BCUT2D eigenvalue weighted by atomic mass is 9.99. The van der Waals surface area contributed by atoms with Gasteiger partial charge < -0.3 is 63.6 Å². The molecule has 67 heavy (non-hydrogen) atoms. The van der Waals surface area contributed by atoms with Crippen molar-refractivity contribution in [2.45, 2.75) is 109 Å². The molecular formula is C45H67N9O12S. The molecule has 0 aliphatic carbocycles. The van der Waals surface area contributed by atoms with Crippen molar-refractivity contribution in [3.63, 3.8) is 0 Å². The number of nitrogens with one attached hydrogen (secondary N) is 8. The highest BCUT2D eigenvalue weighted by molar-refractivity contribution is 7.80. The summed E-state index contributed by atoms with van der Waals surface area (Å²) in [5.74, 6) is -9.31. The molecule has 0 radical (unpaired) electrons. The Labute approximate surface area is 395 Å². The number of aliphatic hydroxyl groups is 2. The molecule has 8 atom stereocenters. The molecule has 370 valence electrons. The lowest BCUT2D eigenvalue weighted by molar-refractivity contribution is -0.144. The van der Waals surface area contributed by atoms with E-state index >= 15 is 0 Å². The van der Waals surface area contributed by atoms with Crippen LogP contribution in [0.25, 0.3) is 0 Å². The van der Waals surface area contributed by atoms with Crippen LogP contribution in [0.15, 0.2) is 60.7 Å². The molecular weight excluding hydrogens is 891 g/mol. The van der Waals surface area contributed by atoms with E-state index in [1.54, 1.807) is 88.4 Å². The first kappa shape index (κ1) is 57.0. The number of aliphatic carboxylic acids is 1. The molecule has 0 fully saturated rings. The van der Waals surface area contributed by atoms with Crippen LogP contribution in [0.2, 0.25) is 0 Å². The highest BCUT2D eigenvalue weighted by Crippen LogP contribution is 2.11. The van der Waals surface area contributed by atoms with Gasteiger partial charge in [-0.15, -0.1) is 0 Å².